The third kappa shape index (κ3) is 5.48. The third-order valence-electron chi connectivity index (χ3n) is 6.46. The van der Waals surface area contributed by atoms with Crippen LogP contribution in [-0.4, -0.2) is 67.4 Å². The maximum Gasteiger partial charge on any atom is 0.243 e. The summed E-state index contributed by atoms with van der Waals surface area (Å²) in [6.07, 6.45) is 9.91. The number of hydrogen-bond acceptors (Lipinski definition) is 4. The van der Waals surface area contributed by atoms with Gasteiger partial charge in [0, 0.05) is 43.3 Å². The first kappa shape index (κ1) is 22.3. The van der Waals surface area contributed by atoms with Crippen molar-refractivity contribution in [1.29, 1.82) is 0 Å². The summed E-state index contributed by atoms with van der Waals surface area (Å²) in [7, 11) is -3.45. The number of nitrogens with one attached hydrogen (secondary N) is 1. The Morgan fingerprint density at radius 3 is 2.32 bits per heavy atom. The Morgan fingerprint density at radius 1 is 0.903 bits per heavy atom. The maximum absolute atomic E-state index is 12.9. The van der Waals surface area contributed by atoms with E-state index in [0.717, 1.165) is 49.8 Å². The van der Waals surface area contributed by atoms with Gasteiger partial charge < -0.3 is 14.8 Å². The Balaban J connectivity index is 1.36. The molecule has 0 aliphatic carbocycles. The van der Waals surface area contributed by atoms with E-state index in [2.05, 4.69) is 10.2 Å². The molecule has 0 atom stereocenters. The first-order valence-electron chi connectivity index (χ1n) is 11.6. The number of rotatable bonds is 7. The minimum atomic E-state index is -3.45. The molecule has 1 N–H and O–H groups in total. The normalized spacial score (nSPS) is 19.4. The van der Waals surface area contributed by atoms with Gasteiger partial charge in [-0.3, -0.25) is 4.79 Å². The van der Waals surface area contributed by atoms with Gasteiger partial charge in [-0.1, -0.05) is 19.3 Å². The van der Waals surface area contributed by atoms with Gasteiger partial charge in [-0.05, 0) is 63.0 Å². The van der Waals surface area contributed by atoms with E-state index < -0.39 is 10.0 Å². The molecule has 7 nitrogen and oxygen atoms in total. The van der Waals surface area contributed by atoms with Gasteiger partial charge in [0.1, 0.15) is 6.54 Å². The van der Waals surface area contributed by atoms with Crippen LogP contribution in [0, 0.1) is 0 Å². The number of sulfonamides is 1. The lowest BCUT2D eigenvalue weighted by molar-refractivity contribution is -0.121. The van der Waals surface area contributed by atoms with Crippen molar-refractivity contribution in [3.05, 3.63) is 30.5 Å². The second-order valence-corrected chi connectivity index (χ2v) is 10.7. The van der Waals surface area contributed by atoms with Gasteiger partial charge in [-0.25, -0.2) is 8.42 Å². The number of aromatic nitrogens is 1. The minimum absolute atomic E-state index is 0.0164. The van der Waals surface area contributed by atoms with Crippen molar-refractivity contribution in [2.45, 2.75) is 56.4 Å². The zero-order valence-corrected chi connectivity index (χ0v) is 19.1. The lowest BCUT2D eigenvalue weighted by atomic mass is 10.2. The molecule has 2 aliphatic heterocycles. The summed E-state index contributed by atoms with van der Waals surface area (Å²) < 4.78 is 29.3. The molecule has 0 saturated carbocycles. The number of fused-ring (bicyclic) bond motifs is 1. The summed E-state index contributed by atoms with van der Waals surface area (Å²) in [4.78, 5) is 15.2. The van der Waals surface area contributed by atoms with Crippen molar-refractivity contribution in [3.8, 4) is 0 Å². The second-order valence-electron chi connectivity index (χ2n) is 8.73. The van der Waals surface area contributed by atoms with Gasteiger partial charge in [0.25, 0.3) is 0 Å². The van der Waals surface area contributed by atoms with E-state index in [1.54, 1.807) is 16.4 Å². The topological polar surface area (TPSA) is 74.6 Å². The van der Waals surface area contributed by atoms with E-state index in [4.69, 9.17) is 0 Å². The highest BCUT2D eigenvalue weighted by atomic mass is 32.2. The Morgan fingerprint density at radius 2 is 1.58 bits per heavy atom. The summed E-state index contributed by atoms with van der Waals surface area (Å²) >= 11 is 0. The third-order valence-corrected chi connectivity index (χ3v) is 8.35. The maximum atomic E-state index is 12.9. The molecule has 0 radical (unpaired) electrons. The van der Waals surface area contributed by atoms with Crippen molar-refractivity contribution in [2.75, 3.05) is 39.3 Å². The molecule has 170 valence electrons. The molecule has 2 aliphatic rings. The van der Waals surface area contributed by atoms with Crippen molar-refractivity contribution in [1.82, 2.24) is 19.1 Å². The zero-order valence-electron chi connectivity index (χ0n) is 18.3. The fourth-order valence-corrected chi connectivity index (χ4v) is 6.21. The van der Waals surface area contributed by atoms with Crippen LogP contribution in [0.2, 0.25) is 0 Å². The minimum Gasteiger partial charge on any atom is -0.353 e. The molecule has 0 unspecified atom stereocenters. The fourth-order valence-electron chi connectivity index (χ4n) is 4.65. The summed E-state index contributed by atoms with van der Waals surface area (Å²) in [5.74, 6) is -0.0164. The molecule has 1 amide bonds. The number of benzene rings is 1. The number of likely N-dealkylation sites (tertiary alicyclic amines) is 1. The van der Waals surface area contributed by atoms with Crippen molar-refractivity contribution >= 4 is 26.8 Å². The molecule has 1 aromatic carbocycles. The molecular formula is C23H34N4O3S. The highest BCUT2D eigenvalue weighted by Gasteiger charge is 2.26. The molecule has 31 heavy (non-hydrogen) atoms. The highest BCUT2D eigenvalue weighted by molar-refractivity contribution is 7.89. The lowest BCUT2D eigenvalue weighted by Crippen LogP contribution is -2.36. The molecule has 1 aromatic heterocycles. The van der Waals surface area contributed by atoms with Crippen LogP contribution >= 0.6 is 0 Å². The Kier molecular flexibility index (Phi) is 7.30. The van der Waals surface area contributed by atoms with E-state index in [-0.39, 0.29) is 12.5 Å². The number of amides is 1. The molecule has 8 heteroatoms. The van der Waals surface area contributed by atoms with Crippen LogP contribution in [0.15, 0.2) is 35.4 Å². The molecule has 3 heterocycles. The molecule has 0 bridgehead atoms. The van der Waals surface area contributed by atoms with Crippen LogP contribution in [0.3, 0.4) is 0 Å². The van der Waals surface area contributed by atoms with E-state index in [1.165, 1.54) is 25.7 Å². The van der Waals surface area contributed by atoms with Crippen molar-refractivity contribution in [2.24, 2.45) is 0 Å². The molecule has 2 aromatic rings. The second kappa shape index (κ2) is 10.1. The molecule has 2 saturated heterocycles. The first-order chi connectivity index (χ1) is 15.0. The lowest BCUT2D eigenvalue weighted by Gasteiger charge is -2.25. The van der Waals surface area contributed by atoms with Gasteiger partial charge in [0.2, 0.25) is 15.9 Å². The Hall–Kier alpha value is -1.90. The van der Waals surface area contributed by atoms with Gasteiger partial charge >= 0.3 is 0 Å². The molecule has 0 spiro atoms. The zero-order chi connectivity index (χ0) is 21.7. The first-order valence-corrected chi connectivity index (χ1v) is 13.1. The summed E-state index contributed by atoms with van der Waals surface area (Å²) in [5, 5.41) is 3.87. The van der Waals surface area contributed by atoms with E-state index in [0.29, 0.717) is 24.5 Å². The Bertz CT molecular complexity index is 987. The van der Waals surface area contributed by atoms with Gasteiger partial charge in [0.05, 0.1) is 4.90 Å². The van der Waals surface area contributed by atoms with E-state index in [1.807, 2.05) is 22.9 Å². The molecule has 4 rings (SSSR count). The fraction of sp³-hybridized carbons (Fsp3) is 0.609. The van der Waals surface area contributed by atoms with Gasteiger partial charge in [-0.15, -0.1) is 0 Å². The number of carbonyl (C=O) groups excluding carboxylic acids is 1. The van der Waals surface area contributed by atoms with Gasteiger partial charge in [0.15, 0.2) is 0 Å². The smallest absolute Gasteiger partial charge is 0.243 e. The predicted octanol–water partition coefficient (Wildman–Crippen LogP) is 2.81. The largest absolute Gasteiger partial charge is 0.353 e. The van der Waals surface area contributed by atoms with Gasteiger partial charge in [-0.2, -0.15) is 4.31 Å². The van der Waals surface area contributed by atoms with E-state index in [9.17, 15) is 13.2 Å². The average Bonchev–Trinajstić information content (AvgIpc) is 2.99. The predicted molar refractivity (Wildman–Crippen MR) is 122 cm³/mol. The molecule has 2 fully saturated rings. The van der Waals surface area contributed by atoms with Crippen LogP contribution in [0.4, 0.5) is 0 Å². The van der Waals surface area contributed by atoms with Crippen LogP contribution in [0.25, 0.3) is 10.9 Å². The SMILES string of the molecule is O=C(Cn1ccc2cc(S(=O)(=O)N3CCCCC3)ccc21)NCCN1CCCCCC1. The van der Waals surface area contributed by atoms with Crippen LogP contribution in [0.5, 0.6) is 0 Å². The number of carbonyl (C=O) groups is 1. The van der Waals surface area contributed by atoms with Crippen LogP contribution < -0.4 is 5.32 Å². The Labute approximate surface area is 185 Å². The number of nitrogens with zero attached hydrogens (tertiary/aromatic N) is 3. The highest BCUT2D eigenvalue weighted by Crippen LogP contribution is 2.25. The van der Waals surface area contributed by atoms with E-state index >= 15 is 0 Å². The monoisotopic (exact) mass is 446 g/mol. The number of piperidine rings is 1. The van der Waals surface area contributed by atoms with Crippen LogP contribution in [0.1, 0.15) is 44.9 Å². The molecular weight excluding hydrogens is 412 g/mol. The van der Waals surface area contributed by atoms with Crippen molar-refractivity contribution < 1.29 is 13.2 Å². The quantitative estimate of drug-likeness (QED) is 0.710. The standard InChI is InChI=1S/C23H34N4O3S/c28-23(24-11-17-25-12-4-1-2-5-13-25)19-26-16-10-20-18-21(8-9-22(20)26)31(29,30)27-14-6-3-7-15-27/h8-10,16,18H,1-7,11-15,17,19H2,(H,24,28). The van der Waals surface area contributed by atoms with Crippen molar-refractivity contribution in [3.63, 3.8) is 0 Å². The summed E-state index contributed by atoms with van der Waals surface area (Å²) in [6.45, 7) is 5.24. The van der Waals surface area contributed by atoms with Crippen LogP contribution in [-0.2, 0) is 21.4 Å². The summed E-state index contributed by atoms with van der Waals surface area (Å²) in [6, 6.07) is 7.10. The summed E-state index contributed by atoms with van der Waals surface area (Å²) in [5.41, 5.74) is 0.875. The number of hydrogen-bond donors (Lipinski definition) is 1. The average molecular weight is 447 g/mol.